The van der Waals surface area contributed by atoms with E-state index in [1.54, 1.807) is 24.5 Å². The molecule has 0 amide bonds. The molecule has 0 aliphatic heterocycles. The molecular weight excluding hydrogens is 234 g/mol. The molecule has 0 aliphatic carbocycles. The summed E-state index contributed by atoms with van der Waals surface area (Å²) in [6.07, 6.45) is 1.83. The highest BCUT2D eigenvalue weighted by Gasteiger charge is 2.14. The number of pyridine rings is 1. The number of fused-ring (bicyclic) bond motifs is 1. The van der Waals surface area contributed by atoms with Gasteiger partial charge in [0.25, 0.3) is 0 Å². The normalized spacial score (nSPS) is 10.8. The molecule has 0 bridgehead atoms. The summed E-state index contributed by atoms with van der Waals surface area (Å²) in [7, 11) is 1.64. The van der Waals surface area contributed by atoms with E-state index in [4.69, 9.17) is 9.84 Å². The predicted molar refractivity (Wildman–Crippen MR) is 67.3 cm³/mol. The van der Waals surface area contributed by atoms with Crippen LogP contribution in [0.25, 0.3) is 5.52 Å². The summed E-state index contributed by atoms with van der Waals surface area (Å²) in [5.74, 6) is -0.363. The Morgan fingerprint density at radius 1 is 1.56 bits per heavy atom. The first-order chi connectivity index (χ1) is 8.63. The average Bonchev–Trinajstić information content (AvgIpc) is 2.67. The van der Waals surface area contributed by atoms with Crippen molar-refractivity contribution in [2.24, 2.45) is 0 Å². The van der Waals surface area contributed by atoms with Crippen LogP contribution >= 0.6 is 0 Å². The highest BCUT2D eigenvalue weighted by molar-refractivity contribution is 5.93. The zero-order chi connectivity index (χ0) is 13.1. The number of aromatic carboxylic acids is 1. The fraction of sp³-hybridized carbons (Fsp3) is 0.333. The fourth-order valence-electron chi connectivity index (χ4n) is 1.79. The average molecular weight is 249 g/mol. The SMILES string of the molecule is COCCNc1ccc2c(C(=O)O)nc(C)n2c1. The maximum Gasteiger partial charge on any atom is 0.356 e. The second kappa shape index (κ2) is 5.05. The molecule has 0 unspecified atom stereocenters. The Bertz CT molecular complexity index is 577. The van der Waals surface area contributed by atoms with Gasteiger partial charge in [-0.3, -0.25) is 0 Å². The van der Waals surface area contributed by atoms with E-state index < -0.39 is 5.97 Å². The Balaban J connectivity index is 2.34. The number of aryl methyl sites for hydroxylation is 1. The number of imidazole rings is 1. The third-order valence-electron chi connectivity index (χ3n) is 2.65. The third-order valence-corrected chi connectivity index (χ3v) is 2.65. The van der Waals surface area contributed by atoms with Crippen molar-refractivity contribution >= 4 is 17.2 Å². The summed E-state index contributed by atoms with van der Waals surface area (Å²) in [6, 6.07) is 3.58. The Labute approximate surface area is 104 Å². The molecule has 96 valence electrons. The van der Waals surface area contributed by atoms with Crippen LogP contribution in [-0.4, -0.2) is 40.7 Å². The number of carboxylic acids is 1. The van der Waals surface area contributed by atoms with Crippen LogP contribution in [0.5, 0.6) is 0 Å². The van der Waals surface area contributed by atoms with Gasteiger partial charge in [-0.25, -0.2) is 9.78 Å². The molecule has 6 nitrogen and oxygen atoms in total. The number of anilines is 1. The van der Waals surface area contributed by atoms with Gasteiger partial charge in [0.2, 0.25) is 0 Å². The first-order valence-corrected chi connectivity index (χ1v) is 5.58. The zero-order valence-corrected chi connectivity index (χ0v) is 10.3. The lowest BCUT2D eigenvalue weighted by atomic mass is 10.3. The number of rotatable bonds is 5. The van der Waals surface area contributed by atoms with Gasteiger partial charge in [0.15, 0.2) is 5.69 Å². The van der Waals surface area contributed by atoms with Crippen LogP contribution in [-0.2, 0) is 4.74 Å². The van der Waals surface area contributed by atoms with E-state index in [1.807, 2.05) is 12.3 Å². The molecule has 2 heterocycles. The first-order valence-electron chi connectivity index (χ1n) is 5.58. The van der Waals surface area contributed by atoms with E-state index in [2.05, 4.69) is 10.3 Å². The molecule has 0 aliphatic rings. The number of nitrogens with one attached hydrogen (secondary N) is 1. The van der Waals surface area contributed by atoms with Crippen molar-refractivity contribution in [1.29, 1.82) is 0 Å². The van der Waals surface area contributed by atoms with Crippen molar-refractivity contribution in [2.75, 3.05) is 25.6 Å². The predicted octanol–water partition coefficient (Wildman–Crippen LogP) is 1.40. The van der Waals surface area contributed by atoms with Crippen LogP contribution in [0.2, 0.25) is 0 Å². The summed E-state index contributed by atoms with van der Waals surface area (Å²) in [6.45, 7) is 3.08. The quantitative estimate of drug-likeness (QED) is 0.783. The summed E-state index contributed by atoms with van der Waals surface area (Å²) >= 11 is 0. The van der Waals surface area contributed by atoms with Gasteiger partial charge in [0.05, 0.1) is 17.8 Å². The number of hydrogen-bond donors (Lipinski definition) is 2. The molecule has 2 rings (SSSR count). The van der Waals surface area contributed by atoms with Gasteiger partial charge in [0, 0.05) is 19.9 Å². The molecule has 0 atom stereocenters. The van der Waals surface area contributed by atoms with Gasteiger partial charge < -0.3 is 19.6 Å². The van der Waals surface area contributed by atoms with Gasteiger partial charge in [-0.2, -0.15) is 0 Å². The second-order valence-corrected chi connectivity index (χ2v) is 3.91. The third kappa shape index (κ3) is 2.28. The Kier molecular flexibility index (Phi) is 3.47. The smallest absolute Gasteiger partial charge is 0.356 e. The van der Waals surface area contributed by atoms with Crippen molar-refractivity contribution < 1.29 is 14.6 Å². The first kappa shape index (κ1) is 12.4. The number of nitrogens with zero attached hydrogens (tertiary/aromatic N) is 2. The van der Waals surface area contributed by atoms with E-state index >= 15 is 0 Å². The molecule has 0 radical (unpaired) electrons. The van der Waals surface area contributed by atoms with Gasteiger partial charge in [0.1, 0.15) is 5.82 Å². The molecule has 0 fully saturated rings. The van der Waals surface area contributed by atoms with Crippen molar-refractivity contribution in [3.05, 3.63) is 29.8 Å². The Morgan fingerprint density at radius 3 is 3.00 bits per heavy atom. The molecule has 0 saturated carbocycles. The topological polar surface area (TPSA) is 75.9 Å². The molecule has 0 spiro atoms. The van der Waals surface area contributed by atoms with Crippen LogP contribution in [0.15, 0.2) is 18.3 Å². The summed E-state index contributed by atoms with van der Waals surface area (Å²) in [4.78, 5) is 15.1. The highest BCUT2D eigenvalue weighted by atomic mass is 16.5. The molecule has 0 saturated heterocycles. The monoisotopic (exact) mass is 249 g/mol. The van der Waals surface area contributed by atoms with Crippen LogP contribution in [0.1, 0.15) is 16.3 Å². The summed E-state index contributed by atoms with van der Waals surface area (Å²) in [5, 5.41) is 12.2. The Morgan fingerprint density at radius 2 is 2.33 bits per heavy atom. The van der Waals surface area contributed by atoms with Gasteiger partial charge in [-0.15, -0.1) is 0 Å². The lowest BCUT2D eigenvalue weighted by molar-refractivity contribution is 0.0693. The largest absolute Gasteiger partial charge is 0.476 e. The highest BCUT2D eigenvalue weighted by Crippen LogP contribution is 2.16. The van der Waals surface area contributed by atoms with E-state index in [-0.39, 0.29) is 5.69 Å². The molecule has 2 N–H and O–H groups in total. The minimum atomic E-state index is -1.01. The number of hydrogen-bond acceptors (Lipinski definition) is 4. The minimum absolute atomic E-state index is 0.0796. The number of methoxy groups -OCH3 is 1. The maximum absolute atomic E-state index is 11.0. The fourth-order valence-corrected chi connectivity index (χ4v) is 1.79. The zero-order valence-electron chi connectivity index (χ0n) is 10.3. The van der Waals surface area contributed by atoms with E-state index in [0.29, 0.717) is 24.5 Å². The second-order valence-electron chi connectivity index (χ2n) is 3.91. The molecule has 2 aromatic heterocycles. The molecule has 6 heteroatoms. The van der Waals surface area contributed by atoms with Crippen molar-refractivity contribution in [2.45, 2.75) is 6.92 Å². The van der Waals surface area contributed by atoms with Crippen molar-refractivity contribution in [3.8, 4) is 0 Å². The van der Waals surface area contributed by atoms with Crippen LogP contribution < -0.4 is 5.32 Å². The lowest BCUT2D eigenvalue weighted by Gasteiger charge is -2.06. The van der Waals surface area contributed by atoms with Crippen LogP contribution in [0, 0.1) is 6.92 Å². The summed E-state index contributed by atoms with van der Waals surface area (Å²) in [5.41, 5.74) is 1.57. The van der Waals surface area contributed by atoms with Gasteiger partial charge in [-0.1, -0.05) is 0 Å². The van der Waals surface area contributed by atoms with E-state index in [9.17, 15) is 4.79 Å². The van der Waals surface area contributed by atoms with Crippen LogP contribution in [0.3, 0.4) is 0 Å². The van der Waals surface area contributed by atoms with Crippen LogP contribution in [0.4, 0.5) is 5.69 Å². The van der Waals surface area contributed by atoms with E-state index in [0.717, 1.165) is 5.69 Å². The van der Waals surface area contributed by atoms with E-state index in [1.165, 1.54) is 0 Å². The summed E-state index contributed by atoms with van der Waals surface area (Å²) < 4.78 is 6.71. The maximum atomic E-state index is 11.0. The lowest BCUT2D eigenvalue weighted by Crippen LogP contribution is -2.08. The van der Waals surface area contributed by atoms with Gasteiger partial charge >= 0.3 is 5.97 Å². The number of carbonyl (C=O) groups is 1. The number of aromatic nitrogens is 2. The number of ether oxygens (including phenoxy) is 1. The van der Waals surface area contributed by atoms with Gasteiger partial charge in [-0.05, 0) is 19.1 Å². The number of carboxylic acid groups (broad SMARTS) is 1. The van der Waals surface area contributed by atoms with Crippen molar-refractivity contribution in [3.63, 3.8) is 0 Å². The van der Waals surface area contributed by atoms with Crippen molar-refractivity contribution in [1.82, 2.24) is 9.38 Å². The molecule has 18 heavy (non-hydrogen) atoms. The minimum Gasteiger partial charge on any atom is -0.476 e. The molecule has 2 aromatic rings. The Hall–Kier alpha value is -2.08. The standard InChI is InChI=1S/C12H15N3O3/c1-8-14-11(12(16)17)10-4-3-9(7-15(8)10)13-5-6-18-2/h3-4,7,13H,5-6H2,1-2H3,(H,16,17). The molecule has 0 aromatic carbocycles. The molecular formula is C12H15N3O3.